The molecular weight excluding hydrogens is 202 g/mol. The number of hydrogen-bond donors (Lipinski definition) is 2. The smallest absolute Gasteiger partial charge is 0.151 e. The second-order valence-electron chi connectivity index (χ2n) is 3.72. The Morgan fingerprint density at radius 1 is 1.50 bits per heavy atom. The summed E-state index contributed by atoms with van der Waals surface area (Å²) in [7, 11) is 0. The molecule has 0 radical (unpaired) electrons. The zero-order valence-corrected chi connectivity index (χ0v) is 8.20. The van der Waals surface area contributed by atoms with Gasteiger partial charge in [0.2, 0.25) is 0 Å². The van der Waals surface area contributed by atoms with E-state index in [1.54, 1.807) is 6.07 Å². The maximum absolute atomic E-state index is 9.68. The van der Waals surface area contributed by atoms with E-state index in [9.17, 15) is 5.11 Å². The Labute approximate surface area is 86.5 Å². The minimum atomic E-state index is -0.317. The van der Waals surface area contributed by atoms with Crippen molar-refractivity contribution in [1.82, 2.24) is 4.98 Å². The summed E-state index contributed by atoms with van der Waals surface area (Å²) in [5, 5.41) is 13.3. The number of fused-ring (bicyclic) bond motifs is 4. The van der Waals surface area contributed by atoms with Gasteiger partial charge in [0.25, 0.3) is 0 Å². The Balaban J connectivity index is 2.07. The quantitative estimate of drug-likeness (QED) is 0.621. The summed E-state index contributed by atoms with van der Waals surface area (Å²) in [5.74, 6) is 0.783. The van der Waals surface area contributed by atoms with Crippen molar-refractivity contribution >= 4 is 23.1 Å². The first-order valence-electron chi connectivity index (χ1n) is 4.60. The Morgan fingerprint density at radius 3 is 3.21 bits per heavy atom. The summed E-state index contributed by atoms with van der Waals surface area (Å²) in [6.45, 7) is 1.52. The molecule has 5 heteroatoms. The number of aromatic nitrogens is 1. The summed E-state index contributed by atoms with van der Waals surface area (Å²) in [6.07, 6.45) is -0.317. The fourth-order valence-corrected chi connectivity index (χ4v) is 2.24. The number of pyridine rings is 1. The van der Waals surface area contributed by atoms with E-state index in [0.717, 1.165) is 18.1 Å². The van der Waals surface area contributed by atoms with E-state index in [1.807, 2.05) is 6.07 Å². The third kappa shape index (κ3) is 1.07. The van der Waals surface area contributed by atoms with E-state index in [4.69, 9.17) is 11.6 Å². The highest BCUT2D eigenvalue weighted by Gasteiger charge is 2.37. The predicted molar refractivity (Wildman–Crippen MR) is 54.9 cm³/mol. The highest BCUT2D eigenvalue weighted by molar-refractivity contribution is 6.29. The van der Waals surface area contributed by atoms with Crippen LogP contribution in [-0.2, 0) is 0 Å². The number of anilines is 2. The van der Waals surface area contributed by atoms with Gasteiger partial charge in [-0.2, -0.15) is 0 Å². The van der Waals surface area contributed by atoms with Gasteiger partial charge in [-0.1, -0.05) is 11.6 Å². The van der Waals surface area contributed by atoms with Gasteiger partial charge in [-0.15, -0.1) is 0 Å². The third-order valence-electron chi connectivity index (χ3n) is 2.79. The average molecular weight is 212 g/mol. The molecule has 1 saturated heterocycles. The molecule has 1 fully saturated rings. The van der Waals surface area contributed by atoms with Gasteiger partial charge < -0.3 is 15.3 Å². The molecule has 1 unspecified atom stereocenters. The lowest BCUT2D eigenvalue weighted by atomic mass is 10.2. The Bertz CT molecular complexity index is 382. The van der Waals surface area contributed by atoms with E-state index in [1.165, 1.54) is 0 Å². The molecule has 2 atom stereocenters. The molecule has 1 aromatic rings. The van der Waals surface area contributed by atoms with Gasteiger partial charge >= 0.3 is 0 Å². The van der Waals surface area contributed by atoms with Crippen LogP contribution < -0.4 is 10.2 Å². The Hall–Kier alpha value is -1.00. The molecule has 1 aromatic heterocycles. The highest BCUT2D eigenvalue weighted by Crippen LogP contribution is 2.34. The van der Waals surface area contributed by atoms with Crippen molar-refractivity contribution in [3.8, 4) is 0 Å². The van der Waals surface area contributed by atoms with E-state index in [0.29, 0.717) is 11.7 Å². The van der Waals surface area contributed by atoms with Crippen LogP contribution in [0.15, 0.2) is 12.1 Å². The first-order chi connectivity index (χ1) is 6.74. The second kappa shape index (κ2) is 2.74. The number of aliphatic hydroxyl groups is 1. The molecule has 2 aliphatic heterocycles. The minimum absolute atomic E-state index is 0.0912. The maximum atomic E-state index is 9.68. The summed E-state index contributed by atoms with van der Waals surface area (Å²) in [4.78, 5) is 6.32. The molecule has 2 bridgehead atoms. The second-order valence-corrected chi connectivity index (χ2v) is 4.11. The van der Waals surface area contributed by atoms with Crippen LogP contribution in [0.2, 0.25) is 5.15 Å². The maximum Gasteiger partial charge on any atom is 0.151 e. The lowest BCUT2D eigenvalue weighted by molar-refractivity contribution is 0.187. The van der Waals surface area contributed by atoms with Crippen LogP contribution >= 0.6 is 11.6 Å². The largest absolute Gasteiger partial charge is 0.389 e. The summed E-state index contributed by atoms with van der Waals surface area (Å²) >= 11 is 5.80. The van der Waals surface area contributed by atoms with E-state index in [2.05, 4.69) is 15.2 Å². The first kappa shape index (κ1) is 8.32. The van der Waals surface area contributed by atoms with Crippen LogP contribution in [-0.4, -0.2) is 35.3 Å². The third-order valence-corrected chi connectivity index (χ3v) is 3.00. The monoisotopic (exact) mass is 211 g/mol. The number of halogens is 1. The average Bonchev–Trinajstić information content (AvgIpc) is 2.43. The minimum Gasteiger partial charge on any atom is -0.389 e. The van der Waals surface area contributed by atoms with Gasteiger partial charge in [0.15, 0.2) is 5.82 Å². The van der Waals surface area contributed by atoms with Crippen molar-refractivity contribution in [2.24, 2.45) is 0 Å². The van der Waals surface area contributed by atoms with Gasteiger partial charge in [-0.3, -0.25) is 0 Å². The van der Waals surface area contributed by atoms with Crippen molar-refractivity contribution in [2.45, 2.75) is 12.1 Å². The van der Waals surface area contributed by atoms with Crippen molar-refractivity contribution < 1.29 is 5.11 Å². The normalized spacial score (nSPS) is 28.6. The number of hydrogen-bond acceptors (Lipinski definition) is 4. The number of nitrogens with zero attached hydrogens (tertiary/aromatic N) is 2. The fourth-order valence-electron chi connectivity index (χ4n) is 2.09. The topological polar surface area (TPSA) is 48.4 Å². The Kier molecular flexibility index (Phi) is 1.63. The first-order valence-corrected chi connectivity index (χ1v) is 4.98. The molecule has 3 heterocycles. The molecule has 2 N–H and O–H groups in total. The molecule has 14 heavy (non-hydrogen) atoms. The molecular formula is C9H10ClN3O. The highest BCUT2D eigenvalue weighted by atomic mass is 35.5. The van der Waals surface area contributed by atoms with Crippen LogP contribution in [0.3, 0.4) is 0 Å². The zero-order chi connectivity index (χ0) is 9.71. The lowest BCUT2D eigenvalue weighted by Crippen LogP contribution is -2.35. The molecule has 0 aliphatic carbocycles. The van der Waals surface area contributed by atoms with Crippen molar-refractivity contribution in [1.29, 1.82) is 0 Å². The van der Waals surface area contributed by atoms with Crippen LogP contribution in [0.4, 0.5) is 11.5 Å². The Morgan fingerprint density at radius 2 is 2.36 bits per heavy atom. The molecule has 0 aromatic carbocycles. The van der Waals surface area contributed by atoms with Crippen LogP contribution in [0.1, 0.15) is 0 Å². The molecule has 3 rings (SSSR count). The van der Waals surface area contributed by atoms with Gasteiger partial charge in [0, 0.05) is 13.1 Å². The van der Waals surface area contributed by atoms with Crippen molar-refractivity contribution in [2.75, 3.05) is 23.3 Å². The van der Waals surface area contributed by atoms with Gasteiger partial charge in [0.05, 0.1) is 17.8 Å². The van der Waals surface area contributed by atoms with Gasteiger partial charge in [0.1, 0.15) is 5.15 Å². The number of aliphatic hydroxyl groups excluding tert-OH is 1. The molecule has 0 saturated carbocycles. The summed E-state index contributed by atoms with van der Waals surface area (Å²) < 4.78 is 0. The van der Waals surface area contributed by atoms with Crippen LogP contribution in [0.25, 0.3) is 0 Å². The summed E-state index contributed by atoms with van der Waals surface area (Å²) in [6, 6.07) is 3.80. The van der Waals surface area contributed by atoms with Crippen molar-refractivity contribution in [3.05, 3.63) is 17.3 Å². The van der Waals surface area contributed by atoms with Crippen LogP contribution in [0, 0.1) is 0 Å². The standard InChI is InChI=1S/C9H10ClN3O/c10-8-2-1-6-9(12-8)11-5-3-13(6)4-7(5)14/h1-2,5,7,14H,3-4H2,(H,11,12)/t5-,7?/m1/s1. The van der Waals surface area contributed by atoms with E-state index >= 15 is 0 Å². The van der Waals surface area contributed by atoms with Gasteiger partial charge in [-0.25, -0.2) is 4.98 Å². The van der Waals surface area contributed by atoms with Crippen molar-refractivity contribution in [3.63, 3.8) is 0 Å². The molecule has 0 spiro atoms. The number of rotatable bonds is 0. The van der Waals surface area contributed by atoms with Gasteiger partial charge in [-0.05, 0) is 12.1 Å². The fraction of sp³-hybridized carbons (Fsp3) is 0.444. The predicted octanol–water partition coefficient (Wildman–Crippen LogP) is 0.710. The van der Waals surface area contributed by atoms with E-state index < -0.39 is 0 Å². The molecule has 2 aliphatic rings. The lowest BCUT2D eigenvalue weighted by Gasteiger charge is -2.27. The molecule has 74 valence electrons. The summed E-state index contributed by atoms with van der Waals surface area (Å²) in [5.41, 5.74) is 1.03. The molecule has 0 amide bonds. The zero-order valence-electron chi connectivity index (χ0n) is 7.44. The number of nitrogens with one attached hydrogen (secondary N) is 1. The SMILES string of the molecule is OC1CN2C[C@H]1Nc1nc(Cl)ccc12. The van der Waals surface area contributed by atoms with E-state index in [-0.39, 0.29) is 12.1 Å². The molecule has 4 nitrogen and oxygen atoms in total. The van der Waals surface area contributed by atoms with Crippen LogP contribution in [0.5, 0.6) is 0 Å².